The molecule has 0 radical (unpaired) electrons. The van der Waals surface area contributed by atoms with E-state index in [0.717, 1.165) is 43.9 Å². The highest BCUT2D eigenvalue weighted by molar-refractivity contribution is 5.31. The molecule has 1 aliphatic rings. The van der Waals surface area contributed by atoms with Crippen LogP contribution in [0.1, 0.15) is 121 Å². The summed E-state index contributed by atoms with van der Waals surface area (Å²) in [5.41, 5.74) is 4.24. The highest BCUT2D eigenvalue weighted by atomic mass is 16.7. The largest absolute Gasteiger partial charge is 0.394 e. The highest BCUT2D eigenvalue weighted by Crippen LogP contribution is 2.29. The molecule has 1 aliphatic heterocycles. The second kappa shape index (κ2) is 26.2. The van der Waals surface area contributed by atoms with Gasteiger partial charge in [0.25, 0.3) is 0 Å². The van der Waals surface area contributed by atoms with Crippen molar-refractivity contribution >= 4 is 0 Å². The molecule has 6 nitrogen and oxygen atoms in total. The first-order valence-electron chi connectivity index (χ1n) is 19.6. The van der Waals surface area contributed by atoms with E-state index in [9.17, 15) is 20.4 Å². The van der Waals surface area contributed by atoms with Crippen LogP contribution in [0.5, 0.6) is 0 Å². The van der Waals surface area contributed by atoms with Crippen molar-refractivity contribution in [3.05, 3.63) is 107 Å². The molecule has 2 unspecified atom stereocenters. The van der Waals surface area contributed by atoms with Gasteiger partial charge in [0.05, 0.1) is 12.2 Å². The number of aliphatic hydroxyl groups is 4. The Morgan fingerprint density at radius 2 is 1.10 bits per heavy atom. The molecule has 0 aromatic carbocycles. The summed E-state index contributed by atoms with van der Waals surface area (Å²) in [7, 11) is 0. The van der Waals surface area contributed by atoms with Crippen molar-refractivity contribution in [1.82, 2.24) is 0 Å². The molecule has 0 aromatic heterocycles. The lowest BCUT2D eigenvalue weighted by molar-refractivity contribution is -0.323. The molecule has 0 saturated carbocycles. The quantitative estimate of drug-likeness (QED) is 0.0784. The van der Waals surface area contributed by atoms with E-state index in [4.69, 9.17) is 9.47 Å². The fourth-order valence-electron chi connectivity index (χ4n) is 5.84. The summed E-state index contributed by atoms with van der Waals surface area (Å²) in [4.78, 5) is 0. The zero-order valence-electron chi connectivity index (χ0n) is 34.2. The number of allylic oxidation sites excluding steroid dienone is 18. The lowest BCUT2D eigenvalue weighted by atomic mass is 9.94. The Kier molecular flexibility index (Phi) is 23.9. The topological polar surface area (TPSA) is 99.4 Å². The maximum atomic E-state index is 10.3. The second-order valence-corrected chi connectivity index (χ2v) is 16.0. The fraction of sp³-hybridized carbons (Fsp3) is 0.609. The van der Waals surface area contributed by atoms with Crippen LogP contribution in [0.4, 0.5) is 0 Å². The lowest BCUT2D eigenvalue weighted by Crippen LogP contribution is -2.60. The third kappa shape index (κ3) is 21.8. The Labute approximate surface area is 317 Å². The molecule has 52 heavy (non-hydrogen) atoms. The molecule has 0 amide bonds. The Hall–Kier alpha value is -2.58. The van der Waals surface area contributed by atoms with E-state index in [1.54, 1.807) is 0 Å². The van der Waals surface area contributed by atoms with Crippen LogP contribution in [0.25, 0.3) is 0 Å². The third-order valence-electron chi connectivity index (χ3n) is 9.34. The van der Waals surface area contributed by atoms with Crippen molar-refractivity contribution in [3.8, 4) is 0 Å². The van der Waals surface area contributed by atoms with Crippen molar-refractivity contribution in [2.75, 3.05) is 6.61 Å². The van der Waals surface area contributed by atoms with E-state index >= 15 is 0 Å². The maximum Gasteiger partial charge on any atom is 0.187 e. The van der Waals surface area contributed by atoms with Gasteiger partial charge in [-0.25, -0.2) is 0 Å². The van der Waals surface area contributed by atoms with Crippen molar-refractivity contribution in [3.63, 3.8) is 0 Å². The first-order chi connectivity index (χ1) is 24.5. The smallest absolute Gasteiger partial charge is 0.187 e. The maximum absolute atomic E-state index is 10.3. The molecule has 0 aromatic rings. The molecular formula is C46H74O6. The summed E-state index contributed by atoms with van der Waals surface area (Å²) < 4.78 is 11.5. The van der Waals surface area contributed by atoms with Crippen LogP contribution in [0.3, 0.4) is 0 Å². The molecule has 0 aliphatic carbocycles. The Balaban J connectivity index is 2.42. The standard InChI is InChI=1S/C46H74O6/c1-34(2)19-13-22-37(5)25-16-28-38(6)26-14-23-35(3)20-11-12-21-36(4)24-15-27-39(7)29-17-30-40(8)31-18-32-46(9,10)52-45-44(50)43(49)42(48)41(33-47)51-45/h11-12,14-17,20-21,23-24,26-29,34,37,40-45,47-50H,13,18-19,22,25,30-33H2,1-10H3/b12-11-,23-14+,24-15+,28-16-,29-17-,35-20+,36-21+,38-26+,39-27+/t37?,40?,41-,42-,43+,44-,45+/m1/s1. The summed E-state index contributed by atoms with van der Waals surface area (Å²) in [5, 5.41) is 39.7. The van der Waals surface area contributed by atoms with E-state index in [-0.39, 0.29) is 0 Å². The van der Waals surface area contributed by atoms with E-state index in [1.807, 2.05) is 13.8 Å². The zero-order chi connectivity index (χ0) is 39.1. The summed E-state index contributed by atoms with van der Waals surface area (Å²) in [5.74, 6) is 2.05. The number of rotatable bonds is 23. The lowest BCUT2D eigenvalue weighted by Gasteiger charge is -2.42. The Morgan fingerprint density at radius 1 is 0.635 bits per heavy atom. The molecule has 0 bridgehead atoms. The van der Waals surface area contributed by atoms with Crippen LogP contribution < -0.4 is 0 Å². The van der Waals surface area contributed by atoms with Crippen LogP contribution >= 0.6 is 0 Å². The van der Waals surface area contributed by atoms with Crippen LogP contribution in [-0.2, 0) is 9.47 Å². The van der Waals surface area contributed by atoms with Gasteiger partial charge >= 0.3 is 0 Å². The minimum Gasteiger partial charge on any atom is -0.394 e. The number of ether oxygens (including phenoxy) is 2. The fourth-order valence-corrected chi connectivity index (χ4v) is 5.84. The summed E-state index contributed by atoms with van der Waals surface area (Å²) in [6.07, 6.45) is 32.5. The van der Waals surface area contributed by atoms with Crippen LogP contribution in [0, 0.1) is 17.8 Å². The molecular weight excluding hydrogens is 649 g/mol. The molecule has 6 heteroatoms. The molecule has 0 spiro atoms. The van der Waals surface area contributed by atoms with Gasteiger partial charge in [0.1, 0.15) is 24.4 Å². The predicted octanol–water partition coefficient (Wildman–Crippen LogP) is 10.2. The zero-order valence-corrected chi connectivity index (χ0v) is 34.2. The molecule has 7 atom stereocenters. The first kappa shape index (κ1) is 47.4. The monoisotopic (exact) mass is 723 g/mol. The van der Waals surface area contributed by atoms with Gasteiger partial charge in [-0.15, -0.1) is 0 Å². The number of hydrogen-bond donors (Lipinski definition) is 4. The van der Waals surface area contributed by atoms with E-state index in [0.29, 0.717) is 5.92 Å². The highest BCUT2D eigenvalue weighted by Gasteiger charge is 2.45. The van der Waals surface area contributed by atoms with E-state index in [2.05, 4.69) is 140 Å². The average molecular weight is 723 g/mol. The SMILES string of the molecule is CC(/C=C\CC(C)CCCC(C)C)=C\C=C\C(C)=C\C=C/C=C(C)/C=C/C=C(C)/C=C\CC(C)CCCC(C)(C)O[C@@H]1O[C@H](CO)[C@@H](O)[C@H](O)[C@H]1O. The summed E-state index contributed by atoms with van der Waals surface area (Å²) in [6.45, 7) is 21.0. The van der Waals surface area contributed by atoms with Gasteiger partial charge in [0.2, 0.25) is 0 Å². The van der Waals surface area contributed by atoms with Crippen molar-refractivity contribution in [2.45, 2.75) is 157 Å². The van der Waals surface area contributed by atoms with Gasteiger partial charge in [0.15, 0.2) is 6.29 Å². The predicted molar refractivity (Wildman–Crippen MR) is 220 cm³/mol. The van der Waals surface area contributed by atoms with Crippen LogP contribution in [-0.4, -0.2) is 63.3 Å². The summed E-state index contributed by atoms with van der Waals surface area (Å²) in [6, 6.07) is 0. The van der Waals surface area contributed by atoms with Gasteiger partial charge < -0.3 is 29.9 Å². The van der Waals surface area contributed by atoms with Gasteiger partial charge in [-0.3, -0.25) is 0 Å². The first-order valence-corrected chi connectivity index (χ1v) is 19.6. The number of aliphatic hydroxyl groups excluding tert-OH is 4. The Morgan fingerprint density at radius 3 is 1.58 bits per heavy atom. The molecule has 1 rings (SSSR count). The van der Waals surface area contributed by atoms with Gasteiger partial charge in [-0.1, -0.05) is 167 Å². The molecule has 1 heterocycles. The normalized spacial score (nSPS) is 24.6. The minimum absolute atomic E-state index is 0.470. The molecule has 1 fully saturated rings. The Bertz CT molecular complexity index is 1270. The van der Waals surface area contributed by atoms with Crippen molar-refractivity contribution in [1.29, 1.82) is 0 Å². The number of hydrogen-bond acceptors (Lipinski definition) is 6. The second-order valence-electron chi connectivity index (χ2n) is 16.0. The van der Waals surface area contributed by atoms with Crippen molar-refractivity contribution < 1.29 is 29.9 Å². The molecule has 294 valence electrons. The molecule has 1 saturated heterocycles. The van der Waals surface area contributed by atoms with Gasteiger partial charge in [-0.05, 0) is 78.6 Å². The molecule has 4 N–H and O–H groups in total. The van der Waals surface area contributed by atoms with Gasteiger partial charge in [0, 0.05) is 0 Å². The van der Waals surface area contributed by atoms with E-state index < -0.39 is 42.9 Å². The minimum atomic E-state index is -1.44. The van der Waals surface area contributed by atoms with Crippen LogP contribution in [0.2, 0.25) is 0 Å². The average Bonchev–Trinajstić information content (AvgIpc) is 3.06. The van der Waals surface area contributed by atoms with Crippen LogP contribution in [0.15, 0.2) is 107 Å². The van der Waals surface area contributed by atoms with Gasteiger partial charge in [-0.2, -0.15) is 0 Å². The van der Waals surface area contributed by atoms with Crippen molar-refractivity contribution in [2.24, 2.45) is 17.8 Å². The van der Waals surface area contributed by atoms with E-state index in [1.165, 1.54) is 41.6 Å². The summed E-state index contributed by atoms with van der Waals surface area (Å²) >= 11 is 0. The third-order valence-corrected chi connectivity index (χ3v) is 9.34.